The first-order valence-electron chi connectivity index (χ1n) is 7.66. The van der Waals surface area contributed by atoms with E-state index in [0.29, 0.717) is 16.7 Å². The fraction of sp³-hybridized carbons (Fsp3) is 0.263. The second-order valence-electron chi connectivity index (χ2n) is 5.77. The molecule has 0 radical (unpaired) electrons. The van der Waals surface area contributed by atoms with Crippen molar-refractivity contribution in [2.45, 2.75) is 19.8 Å². The van der Waals surface area contributed by atoms with Crippen LogP contribution in [0.5, 0.6) is 0 Å². The molecule has 1 saturated heterocycles. The van der Waals surface area contributed by atoms with Gasteiger partial charge in [0.05, 0.1) is 0 Å². The van der Waals surface area contributed by atoms with Gasteiger partial charge in [0.1, 0.15) is 0 Å². The van der Waals surface area contributed by atoms with Crippen molar-refractivity contribution >= 4 is 11.7 Å². The standard InChI is InChI=1S/C19H19NO2/c1-14-4-6-15(7-5-14)18(21)16-8-10-17(11-9-16)19(22)20-12-2-3-13-20/h4-11H,2-3,12-13H2,1H3. The molecule has 0 unspecified atom stereocenters. The Balaban J connectivity index is 1.77. The molecule has 3 rings (SSSR count). The molecule has 3 heteroatoms. The van der Waals surface area contributed by atoms with Crippen molar-refractivity contribution in [3.63, 3.8) is 0 Å². The maximum Gasteiger partial charge on any atom is 0.253 e. The van der Waals surface area contributed by atoms with Crippen molar-refractivity contribution in [3.05, 3.63) is 70.8 Å². The number of hydrogen-bond acceptors (Lipinski definition) is 2. The van der Waals surface area contributed by atoms with Gasteiger partial charge >= 0.3 is 0 Å². The summed E-state index contributed by atoms with van der Waals surface area (Å²) >= 11 is 0. The summed E-state index contributed by atoms with van der Waals surface area (Å²) in [6.45, 7) is 3.67. The summed E-state index contributed by atoms with van der Waals surface area (Å²) in [5.74, 6) is 0.0482. The summed E-state index contributed by atoms with van der Waals surface area (Å²) in [4.78, 5) is 26.5. The quantitative estimate of drug-likeness (QED) is 0.813. The van der Waals surface area contributed by atoms with Gasteiger partial charge < -0.3 is 4.90 Å². The lowest BCUT2D eigenvalue weighted by molar-refractivity contribution is 0.0792. The highest BCUT2D eigenvalue weighted by molar-refractivity contribution is 6.09. The molecule has 0 N–H and O–H groups in total. The Morgan fingerprint density at radius 3 is 1.77 bits per heavy atom. The van der Waals surface area contributed by atoms with Crippen LogP contribution in [0.1, 0.15) is 44.7 Å². The summed E-state index contributed by atoms with van der Waals surface area (Å²) in [5, 5.41) is 0. The zero-order valence-corrected chi connectivity index (χ0v) is 12.7. The van der Waals surface area contributed by atoms with Crippen LogP contribution in [0, 0.1) is 6.92 Å². The first-order valence-corrected chi connectivity index (χ1v) is 7.66. The molecule has 0 saturated carbocycles. The summed E-state index contributed by atoms with van der Waals surface area (Å²) in [5.41, 5.74) is 3.07. The van der Waals surface area contributed by atoms with E-state index in [4.69, 9.17) is 0 Å². The Hall–Kier alpha value is -2.42. The van der Waals surface area contributed by atoms with Gasteiger partial charge in [-0.25, -0.2) is 0 Å². The van der Waals surface area contributed by atoms with E-state index in [1.54, 1.807) is 24.3 Å². The van der Waals surface area contributed by atoms with Crippen LogP contribution in [0.4, 0.5) is 0 Å². The number of rotatable bonds is 3. The molecule has 2 aromatic carbocycles. The highest BCUT2D eigenvalue weighted by Crippen LogP contribution is 2.16. The van der Waals surface area contributed by atoms with E-state index >= 15 is 0 Å². The number of aryl methyl sites for hydroxylation is 1. The fourth-order valence-electron chi connectivity index (χ4n) is 2.74. The molecule has 1 aliphatic rings. The van der Waals surface area contributed by atoms with Crippen LogP contribution in [0.25, 0.3) is 0 Å². The van der Waals surface area contributed by atoms with Crippen molar-refractivity contribution in [2.24, 2.45) is 0 Å². The van der Waals surface area contributed by atoms with Crippen LogP contribution < -0.4 is 0 Å². The average molecular weight is 293 g/mol. The highest BCUT2D eigenvalue weighted by Gasteiger charge is 2.19. The Morgan fingerprint density at radius 1 is 0.773 bits per heavy atom. The van der Waals surface area contributed by atoms with Gasteiger partial charge in [0, 0.05) is 29.8 Å². The lowest BCUT2D eigenvalue weighted by Gasteiger charge is -2.15. The third-order valence-corrected chi connectivity index (χ3v) is 4.10. The number of likely N-dealkylation sites (tertiary alicyclic amines) is 1. The zero-order chi connectivity index (χ0) is 15.5. The van der Waals surface area contributed by atoms with E-state index in [0.717, 1.165) is 31.5 Å². The van der Waals surface area contributed by atoms with Gasteiger partial charge in [-0.2, -0.15) is 0 Å². The van der Waals surface area contributed by atoms with Gasteiger partial charge in [-0.15, -0.1) is 0 Å². The molecule has 0 atom stereocenters. The maximum atomic E-state index is 12.4. The van der Waals surface area contributed by atoms with Gasteiger partial charge in [0.2, 0.25) is 0 Å². The van der Waals surface area contributed by atoms with Crippen LogP contribution in [0.2, 0.25) is 0 Å². The number of nitrogens with zero attached hydrogens (tertiary/aromatic N) is 1. The van der Waals surface area contributed by atoms with E-state index in [1.165, 1.54) is 0 Å². The van der Waals surface area contributed by atoms with Crippen LogP contribution in [-0.4, -0.2) is 29.7 Å². The lowest BCUT2D eigenvalue weighted by atomic mass is 10.0. The summed E-state index contributed by atoms with van der Waals surface area (Å²) in [6, 6.07) is 14.5. The molecular formula is C19H19NO2. The minimum absolute atomic E-state index is 0.0137. The summed E-state index contributed by atoms with van der Waals surface area (Å²) in [6.07, 6.45) is 2.16. The molecule has 1 fully saturated rings. The monoisotopic (exact) mass is 293 g/mol. The summed E-state index contributed by atoms with van der Waals surface area (Å²) < 4.78 is 0. The van der Waals surface area contributed by atoms with E-state index < -0.39 is 0 Å². The minimum atomic E-state index is -0.0137. The Labute approximate surface area is 130 Å². The molecule has 3 nitrogen and oxygen atoms in total. The predicted molar refractivity (Wildman–Crippen MR) is 86.2 cm³/mol. The fourth-order valence-corrected chi connectivity index (χ4v) is 2.74. The third kappa shape index (κ3) is 2.93. The first kappa shape index (κ1) is 14.5. The molecule has 0 bridgehead atoms. The molecule has 0 aliphatic carbocycles. The SMILES string of the molecule is Cc1ccc(C(=O)c2ccc(C(=O)N3CCCC3)cc2)cc1. The number of ketones is 1. The number of hydrogen-bond donors (Lipinski definition) is 0. The van der Waals surface area contributed by atoms with E-state index in [1.807, 2.05) is 36.1 Å². The second kappa shape index (κ2) is 6.14. The van der Waals surface area contributed by atoms with Gasteiger partial charge in [-0.05, 0) is 31.9 Å². The molecule has 0 aromatic heterocycles. The van der Waals surface area contributed by atoms with Gasteiger partial charge in [-0.3, -0.25) is 9.59 Å². The number of carbonyl (C=O) groups excluding carboxylic acids is 2. The van der Waals surface area contributed by atoms with Crippen LogP contribution in [0.15, 0.2) is 48.5 Å². The van der Waals surface area contributed by atoms with Gasteiger partial charge in [0.25, 0.3) is 5.91 Å². The minimum Gasteiger partial charge on any atom is -0.339 e. The first-order chi connectivity index (χ1) is 10.6. The molecule has 1 amide bonds. The third-order valence-electron chi connectivity index (χ3n) is 4.10. The molecule has 22 heavy (non-hydrogen) atoms. The Bertz CT molecular complexity index is 680. The molecule has 0 spiro atoms. The highest BCUT2D eigenvalue weighted by atomic mass is 16.2. The number of carbonyl (C=O) groups is 2. The predicted octanol–water partition coefficient (Wildman–Crippen LogP) is 3.46. The number of amides is 1. The van der Waals surface area contributed by atoms with Gasteiger partial charge in [-0.1, -0.05) is 42.0 Å². The van der Waals surface area contributed by atoms with Crippen molar-refractivity contribution in [1.82, 2.24) is 4.90 Å². The van der Waals surface area contributed by atoms with Crippen LogP contribution in [-0.2, 0) is 0 Å². The van der Waals surface area contributed by atoms with E-state index in [-0.39, 0.29) is 11.7 Å². The largest absolute Gasteiger partial charge is 0.339 e. The van der Waals surface area contributed by atoms with Crippen molar-refractivity contribution in [2.75, 3.05) is 13.1 Å². The molecule has 112 valence electrons. The second-order valence-corrected chi connectivity index (χ2v) is 5.77. The van der Waals surface area contributed by atoms with Crippen LogP contribution >= 0.6 is 0 Å². The normalized spacial score (nSPS) is 14.1. The van der Waals surface area contributed by atoms with Gasteiger partial charge in [0.15, 0.2) is 5.78 Å². The smallest absolute Gasteiger partial charge is 0.253 e. The van der Waals surface area contributed by atoms with Crippen molar-refractivity contribution < 1.29 is 9.59 Å². The molecule has 1 heterocycles. The molecule has 1 aliphatic heterocycles. The van der Waals surface area contributed by atoms with Crippen molar-refractivity contribution in [1.29, 1.82) is 0 Å². The Kier molecular flexibility index (Phi) is 4.05. The average Bonchev–Trinajstić information content (AvgIpc) is 3.09. The molecular weight excluding hydrogens is 274 g/mol. The Morgan fingerprint density at radius 2 is 1.23 bits per heavy atom. The van der Waals surface area contributed by atoms with E-state index in [2.05, 4.69) is 0 Å². The van der Waals surface area contributed by atoms with E-state index in [9.17, 15) is 9.59 Å². The zero-order valence-electron chi connectivity index (χ0n) is 12.7. The number of benzene rings is 2. The topological polar surface area (TPSA) is 37.4 Å². The van der Waals surface area contributed by atoms with Crippen LogP contribution in [0.3, 0.4) is 0 Å². The lowest BCUT2D eigenvalue weighted by Crippen LogP contribution is -2.27. The maximum absolute atomic E-state index is 12.4. The van der Waals surface area contributed by atoms with Crippen molar-refractivity contribution in [3.8, 4) is 0 Å². The molecule has 2 aromatic rings. The summed E-state index contributed by atoms with van der Waals surface area (Å²) in [7, 11) is 0.